The predicted molar refractivity (Wildman–Crippen MR) is 28.4 cm³/mol. The highest BCUT2D eigenvalue weighted by Crippen LogP contribution is 1.79. The van der Waals surface area contributed by atoms with Crippen molar-refractivity contribution in [3.8, 4) is 0 Å². The molecule has 0 unspecified atom stereocenters. The number of halogens is 1. The molecular weight excluding hydrogens is 97.5 g/mol. The molecule has 0 atom stereocenters. The van der Waals surface area contributed by atoms with Crippen molar-refractivity contribution in [3.63, 3.8) is 0 Å². The van der Waals surface area contributed by atoms with E-state index in [1.165, 1.54) is 6.08 Å². The molecule has 0 aliphatic rings. The highest BCUT2D eigenvalue weighted by Gasteiger charge is 1.70. The minimum atomic E-state index is 0.0810. The van der Waals surface area contributed by atoms with Crippen molar-refractivity contribution < 1.29 is 0 Å². The van der Waals surface area contributed by atoms with Crippen molar-refractivity contribution in [3.05, 3.63) is 12.2 Å². The molecule has 0 aliphatic carbocycles. The summed E-state index contributed by atoms with van der Waals surface area (Å²) in [7, 11) is 0. The molecule has 1 N–H and O–H groups in total. The summed E-state index contributed by atoms with van der Waals surface area (Å²) in [4.78, 5) is 0. The lowest BCUT2D eigenvalue weighted by molar-refractivity contribution is 1.56. The summed E-state index contributed by atoms with van der Waals surface area (Å²) in [6, 6.07) is 0. The lowest BCUT2D eigenvalue weighted by Crippen LogP contribution is -1.68. The summed E-state index contributed by atoms with van der Waals surface area (Å²) in [6.07, 6.45) is 3.23. The van der Waals surface area contributed by atoms with Gasteiger partial charge in [-0.1, -0.05) is 17.7 Å². The van der Waals surface area contributed by atoms with Gasteiger partial charge in [0.25, 0.3) is 0 Å². The number of nitrogens with one attached hydrogen (secondary N) is 1. The Balaban J connectivity index is 3.30. The van der Waals surface area contributed by atoms with Gasteiger partial charge in [0.05, 0.1) is 0 Å². The molecule has 0 radical (unpaired) electrons. The fraction of sp³-hybridized carbons (Fsp3) is 0.250. The maximum atomic E-state index is 6.57. The van der Waals surface area contributed by atoms with Gasteiger partial charge in [0, 0.05) is 0 Å². The molecule has 6 heavy (non-hydrogen) atoms. The Kier molecular flexibility index (Phi) is 2.77. The highest BCUT2D eigenvalue weighted by atomic mass is 35.5. The average Bonchev–Trinajstić information content (AvgIpc) is 1.35. The van der Waals surface area contributed by atoms with Crippen molar-refractivity contribution in [2.24, 2.45) is 0 Å². The Morgan fingerprint density at radius 1 is 1.83 bits per heavy atom. The molecule has 0 spiro atoms. The fourth-order valence-corrected chi connectivity index (χ4v) is 0.272. The normalized spacial score (nSPS) is 9.67. The monoisotopic (exact) mass is 103 g/mol. The van der Waals surface area contributed by atoms with Crippen LogP contribution in [0.1, 0.15) is 6.92 Å². The molecule has 0 rings (SSSR count). The number of rotatable bonds is 1. The third-order valence-electron chi connectivity index (χ3n) is 0.313. The molecule has 34 valence electrons. The molecule has 0 aromatic rings. The summed E-state index contributed by atoms with van der Waals surface area (Å²) in [5.74, 6) is 0. The molecule has 0 bridgehead atoms. The summed E-state index contributed by atoms with van der Waals surface area (Å²) < 4.78 is 0. The van der Waals surface area contributed by atoms with E-state index in [9.17, 15) is 0 Å². The van der Waals surface area contributed by atoms with Crippen molar-refractivity contribution >= 4 is 16.8 Å². The Bertz CT molecular complexity index is 75.6. The predicted octanol–water partition coefficient (Wildman–Crippen LogP) is 1.78. The molecule has 0 saturated heterocycles. The van der Waals surface area contributed by atoms with Crippen LogP contribution >= 0.6 is 11.6 Å². The first-order chi connectivity index (χ1) is 2.77. The lowest BCUT2D eigenvalue weighted by atomic mass is 10.6. The van der Waals surface area contributed by atoms with E-state index >= 15 is 0 Å². The van der Waals surface area contributed by atoms with Crippen LogP contribution < -0.4 is 0 Å². The quantitative estimate of drug-likeness (QED) is 0.489. The smallest absolute Gasteiger partial charge is 0.120 e. The second-order valence-electron chi connectivity index (χ2n) is 0.848. The van der Waals surface area contributed by atoms with Crippen LogP contribution in [-0.4, -0.2) is 5.17 Å². The highest BCUT2D eigenvalue weighted by molar-refractivity contribution is 6.67. The van der Waals surface area contributed by atoms with E-state index in [0.717, 1.165) is 0 Å². The van der Waals surface area contributed by atoms with E-state index in [0.29, 0.717) is 0 Å². The maximum absolute atomic E-state index is 6.57. The van der Waals surface area contributed by atoms with E-state index in [-0.39, 0.29) is 5.17 Å². The molecule has 0 aromatic carbocycles. The van der Waals surface area contributed by atoms with Crippen molar-refractivity contribution in [2.45, 2.75) is 6.92 Å². The number of hydrogen-bond donors (Lipinski definition) is 1. The minimum absolute atomic E-state index is 0.0810. The topological polar surface area (TPSA) is 23.9 Å². The molecule has 0 aliphatic heterocycles. The SMILES string of the molecule is CC=CC(=N)Cl. The van der Waals surface area contributed by atoms with E-state index < -0.39 is 0 Å². The van der Waals surface area contributed by atoms with Crippen LogP contribution in [0.2, 0.25) is 0 Å². The first-order valence-electron chi connectivity index (χ1n) is 1.64. The van der Waals surface area contributed by atoms with Crippen LogP contribution in [0, 0.1) is 5.41 Å². The minimum Gasteiger partial charge on any atom is -0.289 e. The van der Waals surface area contributed by atoms with Gasteiger partial charge in [-0.15, -0.1) is 0 Å². The third kappa shape index (κ3) is 3.70. The molecule has 0 heterocycles. The zero-order valence-electron chi connectivity index (χ0n) is 3.53. The van der Waals surface area contributed by atoms with Gasteiger partial charge in [-0.2, -0.15) is 0 Å². The van der Waals surface area contributed by atoms with Crippen LogP contribution in [0.15, 0.2) is 12.2 Å². The van der Waals surface area contributed by atoms with Gasteiger partial charge in [0.1, 0.15) is 5.17 Å². The zero-order valence-corrected chi connectivity index (χ0v) is 4.29. The molecule has 2 heteroatoms. The van der Waals surface area contributed by atoms with Gasteiger partial charge in [-0.3, -0.25) is 5.41 Å². The fourth-order valence-electron chi connectivity index (χ4n) is 0.146. The van der Waals surface area contributed by atoms with Crippen molar-refractivity contribution in [1.82, 2.24) is 0 Å². The number of hydrogen-bond acceptors (Lipinski definition) is 1. The van der Waals surface area contributed by atoms with E-state index in [2.05, 4.69) is 0 Å². The summed E-state index contributed by atoms with van der Waals surface area (Å²) in [5, 5.41) is 6.65. The molecular formula is C4H6ClN. The third-order valence-corrected chi connectivity index (χ3v) is 0.439. The Hall–Kier alpha value is -0.300. The van der Waals surface area contributed by atoms with E-state index in [4.69, 9.17) is 17.0 Å². The van der Waals surface area contributed by atoms with Gasteiger partial charge in [-0.25, -0.2) is 0 Å². The van der Waals surface area contributed by atoms with Crippen LogP contribution in [-0.2, 0) is 0 Å². The van der Waals surface area contributed by atoms with Crippen LogP contribution in [0.4, 0.5) is 0 Å². The zero-order chi connectivity index (χ0) is 4.99. The van der Waals surface area contributed by atoms with Gasteiger partial charge >= 0.3 is 0 Å². The van der Waals surface area contributed by atoms with Crippen molar-refractivity contribution in [1.29, 1.82) is 5.41 Å². The van der Waals surface area contributed by atoms with E-state index in [1.54, 1.807) is 6.08 Å². The summed E-state index contributed by atoms with van der Waals surface area (Å²) >= 11 is 5.07. The first-order valence-corrected chi connectivity index (χ1v) is 2.02. The standard InChI is InChI=1S/C4H6ClN/c1-2-3-4(5)6/h2-3,6H,1H3. The summed E-state index contributed by atoms with van der Waals surface area (Å²) in [6.45, 7) is 1.82. The molecule has 0 fully saturated rings. The Labute approximate surface area is 42.1 Å². The number of allylic oxidation sites excluding steroid dienone is 2. The summed E-state index contributed by atoms with van der Waals surface area (Å²) in [5.41, 5.74) is 0. The average molecular weight is 104 g/mol. The molecule has 0 amide bonds. The van der Waals surface area contributed by atoms with Crippen LogP contribution in [0.5, 0.6) is 0 Å². The van der Waals surface area contributed by atoms with Gasteiger partial charge < -0.3 is 0 Å². The first kappa shape index (κ1) is 5.70. The van der Waals surface area contributed by atoms with Crippen LogP contribution in [0.25, 0.3) is 0 Å². The molecule has 0 saturated carbocycles. The maximum Gasteiger partial charge on any atom is 0.120 e. The Morgan fingerprint density at radius 2 is 2.33 bits per heavy atom. The molecule has 0 aromatic heterocycles. The van der Waals surface area contributed by atoms with Gasteiger partial charge in [0.15, 0.2) is 0 Å². The Morgan fingerprint density at radius 3 is 2.33 bits per heavy atom. The second kappa shape index (κ2) is 2.91. The van der Waals surface area contributed by atoms with Crippen molar-refractivity contribution in [2.75, 3.05) is 0 Å². The lowest BCUT2D eigenvalue weighted by Gasteiger charge is -1.70. The van der Waals surface area contributed by atoms with Crippen LogP contribution in [0.3, 0.4) is 0 Å². The largest absolute Gasteiger partial charge is 0.289 e. The van der Waals surface area contributed by atoms with Gasteiger partial charge in [-0.05, 0) is 13.0 Å². The van der Waals surface area contributed by atoms with Gasteiger partial charge in [0.2, 0.25) is 0 Å². The van der Waals surface area contributed by atoms with E-state index in [1.807, 2.05) is 6.92 Å². The second-order valence-corrected chi connectivity index (χ2v) is 1.26. The molecule has 1 nitrogen and oxygen atoms in total.